The normalized spacial score (nSPS) is 57.1. The lowest BCUT2D eigenvalue weighted by atomic mass is 9.56. The van der Waals surface area contributed by atoms with Gasteiger partial charge in [0, 0.05) is 5.92 Å². The van der Waals surface area contributed by atoms with Gasteiger partial charge in [0.1, 0.15) is 5.78 Å². The van der Waals surface area contributed by atoms with E-state index < -0.39 is 0 Å². The van der Waals surface area contributed by atoms with Crippen LogP contribution in [0.5, 0.6) is 0 Å². The van der Waals surface area contributed by atoms with Crippen LogP contribution in [0.15, 0.2) is 0 Å². The van der Waals surface area contributed by atoms with Gasteiger partial charge >= 0.3 is 0 Å². The quantitative estimate of drug-likeness (QED) is 0.642. The van der Waals surface area contributed by atoms with Crippen molar-refractivity contribution in [2.45, 2.75) is 52.9 Å². The van der Waals surface area contributed by atoms with Crippen LogP contribution in [-0.2, 0) is 4.79 Å². The molecule has 0 saturated heterocycles. The number of carbonyl (C=O) groups is 1. The Morgan fingerprint density at radius 1 is 1.13 bits per heavy atom. The van der Waals surface area contributed by atoms with Crippen LogP contribution < -0.4 is 0 Å². The van der Waals surface area contributed by atoms with Gasteiger partial charge in [0.2, 0.25) is 0 Å². The molecule has 0 N–H and O–H groups in total. The van der Waals surface area contributed by atoms with Crippen molar-refractivity contribution in [3.63, 3.8) is 0 Å². The van der Waals surface area contributed by atoms with Crippen molar-refractivity contribution in [1.29, 1.82) is 0 Å². The minimum Gasteiger partial charge on any atom is -0.300 e. The Morgan fingerprint density at radius 3 is 2.47 bits per heavy atom. The highest BCUT2D eigenvalue weighted by molar-refractivity contribution is 5.80. The summed E-state index contributed by atoms with van der Waals surface area (Å²) in [6.45, 7) is 6.71. The van der Waals surface area contributed by atoms with Gasteiger partial charge in [0.25, 0.3) is 0 Å². The molecule has 1 nitrogen and oxygen atoms in total. The molecular formula is C14H22O. The minimum atomic E-state index is 0.349. The zero-order valence-corrected chi connectivity index (χ0v) is 10.2. The van der Waals surface area contributed by atoms with Gasteiger partial charge in [-0.3, -0.25) is 4.79 Å². The second kappa shape index (κ2) is 2.67. The van der Waals surface area contributed by atoms with E-state index in [9.17, 15) is 4.79 Å². The molecular weight excluding hydrogens is 184 g/mol. The third-order valence-corrected chi connectivity index (χ3v) is 6.58. The van der Waals surface area contributed by atoms with E-state index in [2.05, 4.69) is 13.8 Å². The Labute approximate surface area is 92.6 Å². The van der Waals surface area contributed by atoms with Gasteiger partial charge in [-0.15, -0.1) is 0 Å². The zero-order valence-electron chi connectivity index (χ0n) is 10.2. The molecule has 0 aromatic heterocycles. The summed E-state index contributed by atoms with van der Waals surface area (Å²) in [4.78, 5) is 11.8. The monoisotopic (exact) mass is 206 g/mol. The van der Waals surface area contributed by atoms with Crippen LogP contribution in [-0.4, -0.2) is 5.78 Å². The standard InChI is InChI=1S/C14H22O/c1-9(15)12-6-7-13(2)10-4-5-11(8-10)14(12,13)3/h10-12H,4-8H2,1-3H3/t10-,11+,12+,13+,14+/m0/s1. The Hall–Kier alpha value is -0.330. The maximum Gasteiger partial charge on any atom is 0.133 e. The summed E-state index contributed by atoms with van der Waals surface area (Å²) in [5.41, 5.74) is 0.841. The molecule has 3 aliphatic rings. The molecule has 84 valence electrons. The van der Waals surface area contributed by atoms with Crippen molar-refractivity contribution in [3.05, 3.63) is 0 Å². The molecule has 0 radical (unpaired) electrons. The van der Waals surface area contributed by atoms with Crippen LogP contribution >= 0.6 is 0 Å². The lowest BCUT2D eigenvalue weighted by molar-refractivity contribution is -0.127. The van der Waals surface area contributed by atoms with Crippen LogP contribution in [0.25, 0.3) is 0 Å². The van der Waals surface area contributed by atoms with E-state index in [0.717, 1.165) is 18.3 Å². The first-order chi connectivity index (χ1) is 7.00. The van der Waals surface area contributed by atoms with Crippen molar-refractivity contribution < 1.29 is 4.79 Å². The highest BCUT2D eigenvalue weighted by Crippen LogP contribution is 2.74. The Morgan fingerprint density at radius 2 is 1.80 bits per heavy atom. The van der Waals surface area contributed by atoms with E-state index in [1.807, 2.05) is 6.92 Å². The smallest absolute Gasteiger partial charge is 0.133 e. The summed E-state index contributed by atoms with van der Waals surface area (Å²) in [7, 11) is 0. The fourth-order valence-corrected chi connectivity index (χ4v) is 5.54. The van der Waals surface area contributed by atoms with Crippen LogP contribution in [0.2, 0.25) is 0 Å². The molecule has 0 amide bonds. The molecule has 3 rings (SSSR count). The molecule has 2 bridgehead atoms. The van der Waals surface area contributed by atoms with Gasteiger partial charge in [-0.25, -0.2) is 0 Å². The highest BCUT2D eigenvalue weighted by Gasteiger charge is 2.68. The molecule has 5 atom stereocenters. The van der Waals surface area contributed by atoms with Crippen molar-refractivity contribution >= 4 is 5.78 Å². The SMILES string of the molecule is CC(=O)[C@H]1CC[C@]2(C)[C@H]3CC[C@H](C3)[C@]12C. The predicted octanol–water partition coefficient (Wildman–Crippen LogP) is 3.43. The summed E-state index contributed by atoms with van der Waals surface area (Å²) >= 11 is 0. The lowest BCUT2D eigenvalue weighted by Crippen LogP contribution is -2.43. The maximum atomic E-state index is 11.8. The predicted molar refractivity (Wildman–Crippen MR) is 60.5 cm³/mol. The van der Waals surface area contributed by atoms with E-state index in [4.69, 9.17) is 0 Å². The minimum absolute atomic E-state index is 0.349. The van der Waals surface area contributed by atoms with E-state index in [1.54, 1.807) is 0 Å². The van der Waals surface area contributed by atoms with Crippen molar-refractivity contribution in [2.75, 3.05) is 0 Å². The van der Waals surface area contributed by atoms with Gasteiger partial charge in [-0.1, -0.05) is 13.8 Å². The number of hydrogen-bond acceptors (Lipinski definition) is 1. The fraction of sp³-hybridized carbons (Fsp3) is 0.929. The average molecular weight is 206 g/mol. The largest absolute Gasteiger partial charge is 0.300 e. The number of fused-ring (bicyclic) bond motifs is 5. The number of carbonyl (C=O) groups excluding carboxylic acids is 1. The summed E-state index contributed by atoms with van der Waals surface area (Å²) in [6.07, 6.45) is 6.70. The highest BCUT2D eigenvalue weighted by atomic mass is 16.1. The molecule has 0 heterocycles. The Kier molecular flexibility index (Phi) is 1.76. The molecule has 3 saturated carbocycles. The second-order valence-electron chi connectivity index (χ2n) is 6.61. The first kappa shape index (κ1) is 9.86. The van der Waals surface area contributed by atoms with Crippen molar-refractivity contribution in [1.82, 2.24) is 0 Å². The summed E-state index contributed by atoms with van der Waals surface area (Å²) < 4.78 is 0. The van der Waals surface area contributed by atoms with Gasteiger partial charge in [0.05, 0.1) is 0 Å². The summed E-state index contributed by atoms with van der Waals surface area (Å²) in [5, 5.41) is 0. The van der Waals surface area contributed by atoms with Gasteiger partial charge in [-0.05, 0) is 61.7 Å². The molecule has 0 unspecified atom stereocenters. The lowest BCUT2D eigenvalue weighted by Gasteiger charge is -2.47. The third kappa shape index (κ3) is 0.893. The van der Waals surface area contributed by atoms with Crippen molar-refractivity contribution in [2.24, 2.45) is 28.6 Å². The van der Waals surface area contributed by atoms with E-state index >= 15 is 0 Å². The average Bonchev–Trinajstić information content (AvgIpc) is 2.75. The van der Waals surface area contributed by atoms with Crippen LogP contribution in [0, 0.1) is 28.6 Å². The Bertz CT molecular complexity index is 321. The molecule has 0 aromatic rings. The molecule has 1 heteroatoms. The first-order valence-corrected chi connectivity index (χ1v) is 6.50. The summed E-state index contributed by atoms with van der Waals surface area (Å²) in [6, 6.07) is 0. The number of rotatable bonds is 1. The zero-order chi connectivity index (χ0) is 10.8. The summed E-state index contributed by atoms with van der Waals surface area (Å²) in [5.74, 6) is 2.60. The molecule has 0 aromatic carbocycles. The first-order valence-electron chi connectivity index (χ1n) is 6.50. The Balaban J connectivity index is 2.06. The van der Waals surface area contributed by atoms with E-state index in [-0.39, 0.29) is 0 Å². The van der Waals surface area contributed by atoms with E-state index in [0.29, 0.717) is 22.5 Å². The molecule has 3 fully saturated rings. The molecule has 15 heavy (non-hydrogen) atoms. The maximum absolute atomic E-state index is 11.8. The topological polar surface area (TPSA) is 17.1 Å². The molecule has 3 aliphatic carbocycles. The number of Topliss-reactive ketones (excluding diaryl/α,β-unsaturated/α-hetero) is 1. The fourth-order valence-electron chi connectivity index (χ4n) is 5.54. The number of ketones is 1. The second-order valence-corrected chi connectivity index (χ2v) is 6.61. The van der Waals surface area contributed by atoms with Gasteiger partial charge in [0.15, 0.2) is 0 Å². The van der Waals surface area contributed by atoms with Crippen molar-refractivity contribution in [3.8, 4) is 0 Å². The molecule has 0 aliphatic heterocycles. The van der Waals surface area contributed by atoms with Crippen LogP contribution in [0.3, 0.4) is 0 Å². The van der Waals surface area contributed by atoms with Crippen LogP contribution in [0.4, 0.5) is 0 Å². The van der Waals surface area contributed by atoms with Gasteiger partial charge < -0.3 is 0 Å². The third-order valence-electron chi connectivity index (χ3n) is 6.58. The number of hydrogen-bond donors (Lipinski definition) is 0. The van der Waals surface area contributed by atoms with Gasteiger partial charge in [-0.2, -0.15) is 0 Å². The molecule has 0 spiro atoms. The van der Waals surface area contributed by atoms with E-state index in [1.165, 1.54) is 25.7 Å². The van der Waals surface area contributed by atoms with Crippen LogP contribution in [0.1, 0.15) is 52.9 Å².